The second kappa shape index (κ2) is 6.47. The van der Waals surface area contributed by atoms with Crippen LogP contribution in [0, 0.1) is 5.92 Å². The SMILES string of the molecule is C=CC(C)C(=O)O.COC(F)(F)F. The van der Waals surface area contributed by atoms with Crippen molar-refractivity contribution in [2.75, 3.05) is 7.11 Å². The molecule has 0 radical (unpaired) electrons. The first-order valence-electron chi connectivity index (χ1n) is 3.21. The van der Waals surface area contributed by atoms with Gasteiger partial charge in [0.2, 0.25) is 0 Å². The van der Waals surface area contributed by atoms with Gasteiger partial charge in [-0.3, -0.25) is 9.53 Å². The number of alkyl halides is 3. The molecular weight excluding hydrogens is 189 g/mol. The number of rotatable bonds is 2. The number of ether oxygens (including phenoxy) is 1. The van der Waals surface area contributed by atoms with Gasteiger partial charge in [-0.05, 0) is 6.92 Å². The average molecular weight is 200 g/mol. The zero-order valence-corrected chi connectivity index (χ0v) is 7.26. The van der Waals surface area contributed by atoms with E-state index >= 15 is 0 Å². The van der Waals surface area contributed by atoms with Crippen LogP contribution in [0.5, 0.6) is 0 Å². The summed E-state index contributed by atoms with van der Waals surface area (Å²) >= 11 is 0. The molecule has 0 fully saturated rings. The summed E-state index contributed by atoms with van der Waals surface area (Å²) in [4.78, 5) is 9.86. The van der Waals surface area contributed by atoms with Crippen LogP contribution in [0.25, 0.3) is 0 Å². The zero-order chi connectivity index (χ0) is 11.1. The molecular formula is C7H11F3O3. The summed E-state index contributed by atoms with van der Waals surface area (Å²) in [6.07, 6.45) is -3.07. The van der Waals surface area contributed by atoms with Crippen molar-refractivity contribution in [2.45, 2.75) is 13.3 Å². The maximum absolute atomic E-state index is 10.6. The molecule has 1 N–H and O–H groups in total. The van der Waals surface area contributed by atoms with E-state index in [2.05, 4.69) is 11.3 Å². The second-order valence-electron chi connectivity index (χ2n) is 2.01. The summed E-state index contributed by atoms with van der Waals surface area (Å²) in [6, 6.07) is 0. The Hall–Kier alpha value is -1.04. The van der Waals surface area contributed by atoms with E-state index in [4.69, 9.17) is 5.11 Å². The Morgan fingerprint density at radius 2 is 1.92 bits per heavy atom. The van der Waals surface area contributed by atoms with Gasteiger partial charge >= 0.3 is 12.3 Å². The molecule has 0 aliphatic carbocycles. The molecule has 0 aliphatic rings. The second-order valence-corrected chi connectivity index (χ2v) is 2.01. The number of methoxy groups -OCH3 is 1. The van der Waals surface area contributed by atoms with Crippen molar-refractivity contribution in [3.8, 4) is 0 Å². The Labute approximate surface area is 73.8 Å². The van der Waals surface area contributed by atoms with Crippen molar-refractivity contribution in [3.63, 3.8) is 0 Å². The first-order valence-corrected chi connectivity index (χ1v) is 3.21. The molecule has 0 heterocycles. The molecule has 0 amide bonds. The Bertz CT molecular complexity index is 165. The molecule has 0 bridgehead atoms. The van der Waals surface area contributed by atoms with E-state index in [9.17, 15) is 18.0 Å². The van der Waals surface area contributed by atoms with Gasteiger partial charge in [0.15, 0.2) is 0 Å². The summed E-state index contributed by atoms with van der Waals surface area (Å²) in [6.45, 7) is 4.88. The number of carboxylic acid groups (broad SMARTS) is 1. The molecule has 0 saturated heterocycles. The Morgan fingerprint density at radius 1 is 1.62 bits per heavy atom. The molecule has 6 heteroatoms. The fourth-order valence-corrected chi connectivity index (χ4v) is 0.101. The molecule has 3 nitrogen and oxygen atoms in total. The molecule has 0 rings (SSSR count). The smallest absolute Gasteiger partial charge is 0.481 e. The number of carbonyl (C=O) groups is 1. The summed E-state index contributed by atoms with van der Waals surface area (Å²) in [5, 5.41) is 8.11. The van der Waals surface area contributed by atoms with E-state index in [1.165, 1.54) is 6.08 Å². The van der Waals surface area contributed by atoms with E-state index in [1.807, 2.05) is 0 Å². The third kappa shape index (κ3) is 13.9. The number of hydrogen-bond donors (Lipinski definition) is 1. The lowest BCUT2D eigenvalue weighted by atomic mass is 10.2. The van der Waals surface area contributed by atoms with Crippen LogP contribution in [0.4, 0.5) is 13.2 Å². The number of carboxylic acids is 1. The van der Waals surface area contributed by atoms with Crippen LogP contribution >= 0.6 is 0 Å². The van der Waals surface area contributed by atoms with Crippen molar-refractivity contribution in [1.82, 2.24) is 0 Å². The summed E-state index contributed by atoms with van der Waals surface area (Å²) < 4.78 is 34.6. The highest BCUT2D eigenvalue weighted by atomic mass is 19.4. The highest BCUT2D eigenvalue weighted by molar-refractivity contribution is 5.71. The molecule has 13 heavy (non-hydrogen) atoms. The highest BCUT2D eigenvalue weighted by Gasteiger charge is 2.25. The fourth-order valence-electron chi connectivity index (χ4n) is 0.101. The minimum atomic E-state index is -4.46. The van der Waals surface area contributed by atoms with E-state index < -0.39 is 18.2 Å². The molecule has 0 aliphatic heterocycles. The summed E-state index contributed by atoms with van der Waals surface area (Å²) in [5.74, 6) is -1.24. The minimum Gasteiger partial charge on any atom is -0.481 e. The van der Waals surface area contributed by atoms with Crippen LogP contribution in [0.2, 0.25) is 0 Å². The first-order chi connectivity index (χ1) is 5.74. The molecule has 0 aromatic rings. The molecule has 1 atom stereocenters. The van der Waals surface area contributed by atoms with Gasteiger partial charge in [-0.1, -0.05) is 6.08 Å². The van der Waals surface area contributed by atoms with Gasteiger partial charge in [-0.25, -0.2) is 0 Å². The van der Waals surface area contributed by atoms with Gasteiger partial charge in [0.1, 0.15) is 0 Å². The summed E-state index contributed by atoms with van der Waals surface area (Å²) in [7, 11) is 0.583. The van der Waals surface area contributed by atoms with E-state index in [0.717, 1.165) is 0 Å². The maximum atomic E-state index is 10.6. The topological polar surface area (TPSA) is 46.5 Å². The molecule has 78 valence electrons. The van der Waals surface area contributed by atoms with Crippen LogP contribution in [0.3, 0.4) is 0 Å². The van der Waals surface area contributed by atoms with Gasteiger partial charge in [0, 0.05) is 7.11 Å². The monoisotopic (exact) mass is 200 g/mol. The molecule has 0 aromatic heterocycles. The third-order valence-electron chi connectivity index (χ3n) is 0.975. The molecule has 0 aromatic carbocycles. The van der Waals surface area contributed by atoms with Crippen LogP contribution in [-0.2, 0) is 9.53 Å². The lowest BCUT2D eigenvalue weighted by molar-refractivity contribution is -0.311. The van der Waals surface area contributed by atoms with Crippen molar-refractivity contribution in [1.29, 1.82) is 0 Å². The molecule has 0 saturated carbocycles. The Kier molecular flexibility index (Phi) is 7.21. The lowest BCUT2D eigenvalue weighted by Gasteiger charge is -1.97. The van der Waals surface area contributed by atoms with Crippen LogP contribution in [0.15, 0.2) is 12.7 Å². The first kappa shape index (κ1) is 14.5. The fraction of sp³-hybridized carbons (Fsp3) is 0.571. The number of halogens is 3. The van der Waals surface area contributed by atoms with Gasteiger partial charge in [0.25, 0.3) is 0 Å². The largest absolute Gasteiger partial charge is 0.522 e. The Balaban J connectivity index is 0. The van der Waals surface area contributed by atoms with E-state index in [0.29, 0.717) is 7.11 Å². The third-order valence-corrected chi connectivity index (χ3v) is 0.975. The van der Waals surface area contributed by atoms with Gasteiger partial charge < -0.3 is 5.11 Å². The van der Waals surface area contributed by atoms with Gasteiger partial charge in [-0.15, -0.1) is 19.8 Å². The van der Waals surface area contributed by atoms with Crippen molar-refractivity contribution in [2.24, 2.45) is 5.92 Å². The normalized spacial score (nSPS) is 12.4. The van der Waals surface area contributed by atoms with E-state index in [1.54, 1.807) is 6.92 Å². The lowest BCUT2D eigenvalue weighted by Crippen LogP contribution is -2.08. The van der Waals surface area contributed by atoms with Crippen LogP contribution in [0.1, 0.15) is 6.92 Å². The van der Waals surface area contributed by atoms with Crippen molar-refractivity contribution < 1.29 is 27.8 Å². The average Bonchev–Trinajstić information content (AvgIpc) is 2.02. The van der Waals surface area contributed by atoms with Gasteiger partial charge in [0.05, 0.1) is 5.92 Å². The van der Waals surface area contributed by atoms with Crippen LogP contribution < -0.4 is 0 Å². The number of aliphatic carboxylic acids is 1. The number of hydrogen-bond acceptors (Lipinski definition) is 2. The van der Waals surface area contributed by atoms with Gasteiger partial charge in [-0.2, -0.15) is 0 Å². The summed E-state index contributed by atoms with van der Waals surface area (Å²) in [5.41, 5.74) is 0. The minimum absolute atomic E-state index is 0.417. The van der Waals surface area contributed by atoms with Crippen molar-refractivity contribution in [3.05, 3.63) is 12.7 Å². The Morgan fingerprint density at radius 3 is 1.92 bits per heavy atom. The van der Waals surface area contributed by atoms with Crippen molar-refractivity contribution >= 4 is 5.97 Å². The zero-order valence-electron chi connectivity index (χ0n) is 7.26. The predicted octanol–water partition coefficient (Wildman–Crippen LogP) is 2.05. The maximum Gasteiger partial charge on any atom is 0.522 e. The quantitative estimate of drug-likeness (QED) is 0.694. The van der Waals surface area contributed by atoms with Crippen LogP contribution in [-0.4, -0.2) is 24.5 Å². The highest BCUT2D eigenvalue weighted by Crippen LogP contribution is 2.13. The van der Waals surface area contributed by atoms with E-state index in [-0.39, 0.29) is 0 Å². The molecule has 0 spiro atoms. The standard InChI is InChI=1S/C5H8O2.C2H3F3O/c1-3-4(2)5(6)7;1-6-2(3,4)5/h3-4H,1H2,2H3,(H,6,7);1H3. The molecule has 1 unspecified atom stereocenters. The predicted molar refractivity (Wildman–Crippen MR) is 40.1 cm³/mol.